The van der Waals surface area contributed by atoms with E-state index in [-0.39, 0.29) is 5.91 Å². The van der Waals surface area contributed by atoms with Crippen molar-refractivity contribution in [2.24, 2.45) is 16.6 Å². The van der Waals surface area contributed by atoms with Crippen molar-refractivity contribution >= 4 is 17.6 Å². The van der Waals surface area contributed by atoms with E-state index in [9.17, 15) is 4.79 Å². The number of hydrogen-bond acceptors (Lipinski definition) is 3. The number of primary amides is 1. The van der Waals surface area contributed by atoms with Gasteiger partial charge in [-0.05, 0) is 49.8 Å². The van der Waals surface area contributed by atoms with Crippen molar-refractivity contribution in [2.75, 3.05) is 38.6 Å². The van der Waals surface area contributed by atoms with Crippen LogP contribution in [-0.2, 0) is 11.3 Å². The smallest absolute Gasteiger partial charge is 0.217 e. The lowest BCUT2D eigenvalue weighted by Crippen LogP contribution is -2.47. The molecule has 1 unspecified atom stereocenters. The first-order valence-electron chi connectivity index (χ1n) is 9.49. The van der Waals surface area contributed by atoms with E-state index in [1.54, 1.807) is 0 Å². The molecule has 0 saturated carbocycles. The number of carbonyl (C=O) groups excluding carboxylic acids is 1. The number of anilines is 1. The Balaban J connectivity index is 2.15. The van der Waals surface area contributed by atoms with E-state index >= 15 is 0 Å². The van der Waals surface area contributed by atoms with Crippen LogP contribution in [0.4, 0.5) is 5.69 Å². The van der Waals surface area contributed by atoms with E-state index in [1.165, 1.54) is 16.8 Å². The Labute approximate surface area is 157 Å². The number of benzene rings is 1. The SMILES string of the molecule is CCNC(=NCc1ccc(C)cc1N(C)C)N1CCCC(CC(N)=O)C1. The Morgan fingerprint density at radius 1 is 1.42 bits per heavy atom. The quantitative estimate of drug-likeness (QED) is 0.603. The molecule has 1 aromatic rings. The van der Waals surface area contributed by atoms with Crippen molar-refractivity contribution in [3.05, 3.63) is 29.3 Å². The minimum atomic E-state index is -0.214. The van der Waals surface area contributed by atoms with Crippen LogP contribution in [0.5, 0.6) is 0 Å². The first-order valence-corrected chi connectivity index (χ1v) is 9.49. The molecule has 1 aliphatic rings. The molecule has 0 bridgehead atoms. The van der Waals surface area contributed by atoms with Gasteiger partial charge in [0, 0.05) is 45.8 Å². The van der Waals surface area contributed by atoms with Crippen LogP contribution in [0.25, 0.3) is 0 Å². The molecule has 3 N–H and O–H groups in total. The molecule has 1 atom stereocenters. The Morgan fingerprint density at radius 2 is 2.19 bits per heavy atom. The van der Waals surface area contributed by atoms with E-state index in [2.05, 4.69) is 61.3 Å². The molecule has 0 spiro atoms. The van der Waals surface area contributed by atoms with Crippen LogP contribution in [0.2, 0.25) is 0 Å². The van der Waals surface area contributed by atoms with Gasteiger partial charge in [0.1, 0.15) is 0 Å². The molecule has 1 heterocycles. The number of piperidine rings is 1. The number of hydrogen-bond donors (Lipinski definition) is 2. The van der Waals surface area contributed by atoms with Gasteiger partial charge in [-0.2, -0.15) is 0 Å². The lowest BCUT2D eigenvalue weighted by atomic mass is 9.95. The monoisotopic (exact) mass is 359 g/mol. The van der Waals surface area contributed by atoms with Crippen LogP contribution in [0.15, 0.2) is 23.2 Å². The number of rotatable bonds is 6. The Hall–Kier alpha value is -2.24. The van der Waals surface area contributed by atoms with Gasteiger partial charge in [0.2, 0.25) is 5.91 Å². The van der Waals surface area contributed by atoms with Gasteiger partial charge in [-0.15, -0.1) is 0 Å². The van der Waals surface area contributed by atoms with Gasteiger partial charge >= 0.3 is 0 Å². The maximum Gasteiger partial charge on any atom is 0.217 e. The average Bonchev–Trinajstić information content (AvgIpc) is 2.59. The molecule has 26 heavy (non-hydrogen) atoms. The maximum absolute atomic E-state index is 11.3. The Bertz CT molecular complexity index is 641. The van der Waals surface area contributed by atoms with Crippen LogP contribution < -0.4 is 16.0 Å². The lowest BCUT2D eigenvalue weighted by molar-refractivity contribution is -0.119. The fourth-order valence-electron chi connectivity index (χ4n) is 3.52. The summed E-state index contributed by atoms with van der Waals surface area (Å²) in [6.07, 6.45) is 2.58. The second-order valence-corrected chi connectivity index (χ2v) is 7.32. The lowest BCUT2D eigenvalue weighted by Gasteiger charge is -2.34. The molecular weight excluding hydrogens is 326 g/mol. The second-order valence-electron chi connectivity index (χ2n) is 7.32. The number of nitrogens with one attached hydrogen (secondary N) is 1. The standard InChI is InChI=1S/C20H33N5O/c1-5-22-20(25-10-6-7-16(14-25)12-19(21)26)23-13-17-9-8-15(2)11-18(17)24(3)4/h8-9,11,16H,5-7,10,12-14H2,1-4H3,(H2,21,26)(H,22,23). The van der Waals surface area contributed by atoms with Gasteiger partial charge in [-0.1, -0.05) is 12.1 Å². The van der Waals surface area contributed by atoms with Crippen molar-refractivity contribution in [1.82, 2.24) is 10.2 Å². The van der Waals surface area contributed by atoms with Gasteiger partial charge in [-0.25, -0.2) is 4.99 Å². The van der Waals surface area contributed by atoms with E-state index in [4.69, 9.17) is 10.7 Å². The average molecular weight is 360 g/mol. The summed E-state index contributed by atoms with van der Waals surface area (Å²) < 4.78 is 0. The summed E-state index contributed by atoms with van der Waals surface area (Å²) in [5.74, 6) is 1.03. The minimum absolute atomic E-state index is 0.214. The Morgan fingerprint density at radius 3 is 2.85 bits per heavy atom. The predicted molar refractivity (Wildman–Crippen MR) is 108 cm³/mol. The van der Waals surface area contributed by atoms with Gasteiger partial charge < -0.3 is 20.9 Å². The van der Waals surface area contributed by atoms with Crippen molar-refractivity contribution in [3.8, 4) is 0 Å². The number of aliphatic imine (C=N–C) groups is 1. The summed E-state index contributed by atoms with van der Waals surface area (Å²) >= 11 is 0. The largest absolute Gasteiger partial charge is 0.377 e. The van der Waals surface area contributed by atoms with Gasteiger partial charge in [0.05, 0.1) is 6.54 Å². The summed E-state index contributed by atoms with van der Waals surface area (Å²) in [5, 5.41) is 3.40. The number of likely N-dealkylation sites (tertiary alicyclic amines) is 1. The molecule has 0 radical (unpaired) electrons. The predicted octanol–water partition coefficient (Wildman–Crippen LogP) is 2.11. The fourth-order valence-corrected chi connectivity index (χ4v) is 3.52. The Kier molecular flexibility index (Phi) is 7.30. The van der Waals surface area contributed by atoms with Crippen LogP contribution in [0.1, 0.15) is 37.3 Å². The molecule has 144 valence electrons. The maximum atomic E-state index is 11.3. The summed E-state index contributed by atoms with van der Waals surface area (Å²) in [6.45, 7) is 7.45. The summed E-state index contributed by atoms with van der Waals surface area (Å²) in [6, 6.07) is 6.49. The van der Waals surface area contributed by atoms with E-state index in [0.717, 1.165) is 38.4 Å². The van der Waals surface area contributed by atoms with Crippen LogP contribution in [0.3, 0.4) is 0 Å². The highest BCUT2D eigenvalue weighted by Gasteiger charge is 2.23. The first-order chi connectivity index (χ1) is 12.4. The highest BCUT2D eigenvalue weighted by molar-refractivity contribution is 5.80. The summed E-state index contributed by atoms with van der Waals surface area (Å²) in [7, 11) is 4.12. The van der Waals surface area contributed by atoms with Crippen molar-refractivity contribution in [1.29, 1.82) is 0 Å². The summed E-state index contributed by atoms with van der Waals surface area (Å²) in [4.78, 5) is 20.5. The number of nitrogens with two attached hydrogens (primary N) is 1. The molecule has 1 amide bonds. The highest BCUT2D eigenvalue weighted by atomic mass is 16.1. The molecule has 0 aromatic heterocycles. The molecule has 6 heteroatoms. The molecule has 0 aliphatic carbocycles. The molecular formula is C20H33N5O. The normalized spacial score (nSPS) is 17.9. The van der Waals surface area contributed by atoms with E-state index < -0.39 is 0 Å². The highest BCUT2D eigenvalue weighted by Crippen LogP contribution is 2.22. The number of carbonyl (C=O) groups is 1. The van der Waals surface area contributed by atoms with Gasteiger partial charge in [-0.3, -0.25) is 4.79 Å². The molecule has 6 nitrogen and oxygen atoms in total. The number of aryl methyl sites for hydroxylation is 1. The van der Waals surface area contributed by atoms with Crippen molar-refractivity contribution < 1.29 is 4.79 Å². The van der Waals surface area contributed by atoms with E-state index in [1.807, 2.05) is 0 Å². The zero-order valence-electron chi connectivity index (χ0n) is 16.6. The fraction of sp³-hybridized carbons (Fsp3) is 0.600. The molecule has 1 saturated heterocycles. The number of nitrogens with zero attached hydrogens (tertiary/aromatic N) is 3. The zero-order chi connectivity index (χ0) is 19.1. The summed E-state index contributed by atoms with van der Waals surface area (Å²) in [5.41, 5.74) is 9.05. The molecule has 1 fully saturated rings. The van der Waals surface area contributed by atoms with Crippen LogP contribution in [0, 0.1) is 12.8 Å². The third-order valence-corrected chi connectivity index (χ3v) is 4.77. The third kappa shape index (κ3) is 5.64. The van der Waals surface area contributed by atoms with Crippen molar-refractivity contribution in [3.63, 3.8) is 0 Å². The van der Waals surface area contributed by atoms with Crippen molar-refractivity contribution in [2.45, 2.75) is 39.7 Å². The zero-order valence-corrected chi connectivity index (χ0v) is 16.6. The second kappa shape index (κ2) is 9.46. The number of guanidine groups is 1. The van der Waals surface area contributed by atoms with Crippen LogP contribution in [-0.4, -0.2) is 50.5 Å². The van der Waals surface area contributed by atoms with Gasteiger partial charge in [0.25, 0.3) is 0 Å². The van der Waals surface area contributed by atoms with Gasteiger partial charge in [0.15, 0.2) is 5.96 Å². The molecule has 1 aliphatic heterocycles. The first kappa shape index (κ1) is 20.1. The molecule has 1 aromatic carbocycles. The number of amides is 1. The van der Waals surface area contributed by atoms with E-state index in [0.29, 0.717) is 18.9 Å². The molecule has 2 rings (SSSR count). The third-order valence-electron chi connectivity index (χ3n) is 4.77. The van der Waals surface area contributed by atoms with Crippen LogP contribution >= 0.6 is 0 Å². The minimum Gasteiger partial charge on any atom is -0.377 e. The topological polar surface area (TPSA) is 74.0 Å².